The van der Waals surface area contributed by atoms with E-state index < -0.39 is 57.1 Å². The quantitative estimate of drug-likeness (QED) is 0.119. The van der Waals surface area contributed by atoms with E-state index in [0.29, 0.717) is 35.6 Å². The number of anilines is 6. The molecule has 3 aliphatic carbocycles. The van der Waals surface area contributed by atoms with Gasteiger partial charge >= 0.3 is 0 Å². The zero-order valence-corrected chi connectivity index (χ0v) is 45.4. The van der Waals surface area contributed by atoms with E-state index in [4.69, 9.17) is 0 Å². The van der Waals surface area contributed by atoms with Crippen molar-refractivity contribution in [2.45, 2.75) is 31.6 Å². The number of hydrogen-bond acceptors (Lipinski definition) is 2. The first-order valence-electron chi connectivity index (χ1n) is 27.4. The third-order valence-electron chi connectivity index (χ3n) is 17.3. The van der Waals surface area contributed by atoms with Crippen molar-refractivity contribution in [1.82, 2.24) is 0 Å². The maximum Gasteiger partial charge on any atom is 0.153 e. The minimum absolute atomic E-state index is 0.234. The van der Waals surface area contributed by atoms with Crippen LogP contribution in [0.25, 0.3) is 45.5 Å². The van der Waals surface area contributed by atoms with E-state index in [1.54, 1.807) is 42.5 Å². The van der Waals surface area contributed by atoms with Gasteiger partial charge in [0.15, 0.2) is 23.3 Å². The highest BCUT2D eigenvalue weighted by molar-refractivity contribution is 6.05. The summed E-state index contributed by atoms with van der Waals surface area (Å²) < 4.78 is 97.7. The highest BCUT2D eigenvalue weighted by atomic mass is 19.2. The van der Waals surface area contributed by atoms with Crippen molar-refractivity contribution in [3.05, 3.63) is 333 Å². The lowest BCUT2D eigenvalue weighted by molar-refractivity contribution is 0.544. The molecule has 0 aliphatic heterocycles. The van der Waals surface area contributed by atoms with Crippen LogP contribution in [0, 0.1) is 55.7 Å². The first-order valence-corrected chi connectivity index (χ1v) is 27.4. The normalized spacial score (nSPS) is 15.7. The fraction of sp³-hybridized carbons (Fsp3) is 0.0667. The van der Waals surface area contributed by atoms with Gasteiger partial charge in [0.2, 0.25) is 0 Å². The van der Waals surface area contributed by atoms with Gasteiger partial charge in [-0.15, -0.1) is 0 Å². The van der Waals surface area contributed by atoms with Gasteiger partial charge in [0.1, 0.15) is 23.0 Å². The highest BCUT2D eigenvalue weighted by Crippen LogP contribution is 2.67. The fourth-order valence-corrected chi connectivity index (χ4v) is 13.9. The molecule has 14 rings (SSSR count). The Kier molecular flexibility index (Phi) is 11.8. The molecular weight excluding hydrogens is 1040 g/mol. The largest absolute Gasteiger partial charge is 0.305 e. The topological polar surface area (TPSA) is 6.48 Å². The molecule has 2 atom stereocenters. The lowest BCUT2D eigenvalue weighted by atomic mass is 9.66. The Morgan fingerprint density at radius 2 is 0.795 bits per heavy atom. The van der Waals surface area contributed by atoms with Crippen molar-refractivity contribution >= 4 is 46.3 Å². The molecule has 0 amide bonds. The van der Waals surface area contributed by atoms with E-state index in [2.05, 4.69) is 99.8 Å². The molecule has 0 heterocycles. The summed E-state index contributed by atoms with van der Waals surface area (Å²) in [6, 6.07) is 64.2. The predicted octanol–water partition coefficient (Wildman–Crippen LogP) is 20.4. The summed E-state index contributed by atoms with van der Waals surface area (Å²) in [5.41, 5.74) is 16.5. The maximum absolute atomic E-state index is 16.9. The van der Waals surface area contributed by atoms with Gasteiger partial charge in [0.05, 0.1) is 16.5 Å². The zero-order valence-electron chi connectivity index (χ0n) is 45.4. The van der Waals surface area contributed by atoms with Crippen LogP contribution < -0.4 is 9.80 Å². The second-order valence-electron chi connectivity index (χ2n) is 21.8. The number of benzene rings is 11. The second kappa shape index (κ2) is 19.1. The molecule has 0 radical (unpaired) electrons. The lowest BCUT2D eigenvalue weighted by Crippen LogP contribution is -2.30. The van der Waals surface area contributed by atoms with Crippen LogP contribution in [0.5, 0.6) is 0 Å². The molecule has 0 saturated heterocycles. The monoisotopic (exact) mass is 1090 g/mol. The Balaban J connectivity index is 1.00. The number of fused-ring (bicyclic) bond motifs is 9. The van der Waals surface area contributed by atoms with Crippen LogP contribution >= 0.6 is 0 Å². The Bertz CT molecular complexity index is 4500. The highest BCUT2D eigenvalue weighted by Gasteiger charge is 2.54. The summed E-state index contributed by atoms with van der Waals surface area (Å²) in [6.45, 7) is 14.2. The van der Waals surface area contributed by atoms with E-state index in [0.717, 1.165) is 106 Å². The first kappa shape index (κ1) is 51.2. The van der Waals surface area contributed by atoms with Gasteiger partial charge in [0.25, 0.3) is 0 Å². The van der Waals surface area contributed by atoms with Crippen molar-refractivity contribution < 1.29 is 26.3 Å². The van der Waals surface area contributed by atoms with Crippen molar-refractivity contribution in [2.24, 2.45) is 0 Å². The van der Waals surface area contributed by atoms with Gasteiger partial charge < -0.3 is 9.80 Å². The fourth-order valence-electron chi connectivity index (χ4n) is 13.9. The molecule has 0 aromatic heterocycles. The molecule has 0 N–H and O–H groups in total. The summed E-state index contributed by atoms with van der Waals surface area (Å²) >= 11 is 0. The third-order valence-corrected chi connectivity index (χ3v) is 17.3. The van der Waals surface area contributed by atoms with Gasteiger partial charge in [-0.1, -0.05) is 182 Å². The molecule has 0 bridgehead atoms. The Hall–Kier alpha value is -9.92. The summed E-state index contributed by atoms with van der Waals surface area (Å²) in [4.78, 5) is 2.87. The van der Waals surface area contributed by atoms with Gasteiger partial charge in [-0.2, -0.15) is 0 Å². The SMILES string of the molecule is C=Cc1ccc(C2(c3cc(C)ccc3C)c3ccccc3-c3ccc(N(c4ccc(N(c5ccc6c7c5-c5ccc(C)cc5C7(c5ccc(C=C)cc5)c5ccccc5-6)c5c(F)cc(F)cc5F)cc4)c4c(F)cc(F)cc4F)cc32)cc1. The molecular formula is C75H50F6N2. The molecule has 2 unspecified atom stereocenters. The van der Waals surface area contributed by atoms with Crippen LogP contribution in [-0.2, 0) is 10.8 Å². The number of aryl methyl sites for hydroxylation is 3. The molecule has 402 valence electrons. The molecule has 11 aromatic rings. The summed E-state index contributed by atoms with van der Waals surface area (Å²) in [7, 11) is 0. The van der Waals surface area contributed by atoms with Crippen molar-refractivity contribution in [1.29, 1.82) is 0 Å². The van der Waals surface area contributed by atoms with E-state index in [9.17, 15) is 0 Å². The van der Waals surface area contributed by atoms with Crippen LogP contribution in [0.3, 0.4) is 0 Å². The number of halogens is 6. The number of nitrogens with zero attached hydrogens (tertiary/aromatic N) is 2. The van der Waals surface area contributed by atoms with Crippen LogP contribution in [0.4, 0.5) is 60.5 Å². The van der Waals surface area contributed by atoms with Crippen molar-refractivity contribution in [3.63, 3.8) is 0 Å². The third kappa shape index (κ3) is 7.44. The first-order chi connectivity index (χ1) is 40.2. The minimum atomic E-state index is -1.16. The Labute approximate surface area is 477 Å². The molecule has 0 saturated carbocycles. The number of rotatable bonds is 11. The smallest absolute Gasteiger partial charge is 0.153 e. The average molecular weight is 1090 g/mol. The van der Waals surface area contributed by atoms with Gasteiger partial charge in [-0.05, 0) is 152 Å². The van der Waals surface area contributed by atoms with Crippen LogP contribution in [0.15, 0.2) is 225 Å². The standard InChI is InChI=1S/C75H50F6N2/c1-6-46-19-23-48(24-20-46)74(62-36-43(3)16-18-45(62)5)60-14-10-8-12-55(60)57-33-31-54(42-64(57)74)82(72-65(78)38-50(76)39-66(72)79)52-27-29-53(30-28-52)83(73-67(80)40-51(77)41-68(73)81)69-35-34-58-56-13-9-11-15-61(56)75(49-25-21-47(7-2)22-26-49)63-37-44(4)17-32-59(63)70(69)71(58)75/h6-42H,1-2H2,3-5H3. The van der Waals surface area contributed by atoms with E-state index >= 15 is 26.3 Å². The minimum Gasteiger partial charge on any atom is -0.305 e. The van der Waals surface area contributed by atoms with Crippen LogP contribution in [0.1, 0.15) is 72.3 Å². The summed E-state index contributed by atoms with van der Waals surface area (Å²) in [5, 5.41) is 0. The summed E-state index contributed by atoms with van der Waals surface area (Å²) in [5.74, 6) is -6.82. The zero-order chi connectivity index (χ0) is 57.2. The molecule has 3 aliphatic rings. The average Bonchev–Trinajstić information content (AvgIpc) is 2.20. The summed E-state index contributed by atoms with van der Waals surface area (Å²) in [6.07, 6.45) is 3.59. The maximum atomic E-state index is 16.9. The molecule has 11 aromatic carbocycles. The van der Waals surface area contributed by atoms with E-state index in [1.807, 2.05) is 91.9 Å². The van der Waals surface area contributed by atoms with Crippen LogP contribution in [0.2, 0.25) is 0 Å². The molecule has 2 nitrogen and oxygen atoms in total. The van der Waals surface area contributed by atoms with E-state index in [-0.39, 0.29) is 11.4 Å². The molecule has 8 heteroatoms. The van der Waals surface area contributed by atoms with Crippen LogP contribution in [-0.4, -0.2) is 0 Å². The Morgan fingerprint density at radius 1 is 0.361 bits per heavy atom. The van der Waals surface area contributed by atoms with Gasteiger partial charge in [-0.3, -0.25) is 0 Å². The Morgan fingerprint density at radius 3 is 1.37 bits per heavy atom. The molecule has 83 heavy (non-hydrogen) atoms. The number of hydrogen-bond donors (Lipinski definition) is 0. The lowest BCUT2D eigenvalue weighted by Gasteiger charge is -2.36. The van der Waals surface area contributed by atoms with E-state index in [1.165, 1.54) is 9.80 Å². The molecule has 0 fully saturated rings. The van der Waals surface area contributed by atoms with Crippen molar-refractivity contribution in [2.75, 3.05) is 9.80 Å². The van der Waals surface area contributed by atoms with Crippen molar-refractivity contribution in [3.8, 4) is 33.4 Å². The second-order valence-corrected chi connectivity index (χ2v) is 21.8. The molecule has 0 spiro atoms. The van der Waals surface area contributed by atoms with Gasteiger partial charge in [0, 0.05) is 46.9 Å². The predicted molar refractivity (Wildman–Crippen MR) is 324 cm³/mol. The van der Waals surface area contributed by atoms with Gasteiger partial charge in [-0.25, -0.2) is 26.3 Å².